The number of hydrogen-bond donors (Lipinski definition) is 0. The zero-order chi connectivity index (χ0) is 23.6. The molecule has 1 heterocycles. The molecule has 33 heavy (non-hydrogen) atoms. The van der Waals surface area contributed by atoms with Crippen LogP contribution in [-0.2, 0) is 29.1 Å². The molecule has 0 N–H and O–H groups in total. The van der Waals surface area contributed by atoms with E-state index in [1.54, 1.807) is 18.2 Å². The first-order chi connectivity index (χ1) is 15.8. The average molecular weight is 460 g/mol. The lowest BCUT2D eigenvalue weighted by atomic mass is 10.0. The van der Waals surface area contributed by atoms with Crippen LogP contribution < -0.4 is 4.90 Å². The predicted molar refractivity (Wildman–Crippen MR) is 132 cm³/mol. The third kappa shape index (κ3) is 4.80. The highest BCUT2D eigenvalue weighted by molar-refractivity contribution is 7.91. The van der Waals surface area contributed by atoms with E-state index in [1.165, 1.54) is 5.56 Å². The fourth-order valence-corrected chi connectivity index (χ4v) is 5.90. The van der Waals surface area contributed by atoms with Crippen LogP contribution in [0.2, 0.25) is 0 Å². The molecule has 170 valence electrons. The van der Waals surface area contributed by atoms with Crippen LogP contribution in [0.5, 0.6) is 0 Å². The van der Waals surface area contributed by atoms with Crippen molar-refractivity contribution in [1.29, 1.82) is 5.26 Å². The predicted octanol–water partition coefficient (Wildman–Crippen LogP) is 4.08. The highest BCUT2D eigenvalue weighted by Gasteiger charge is 2.25. The van der Waals surface area contributed by atoms with Gasteiger partial charge in [0.2, 0.25) is 9.84 Å². The van der Waals surface area contributed by atoms with Gasteiger partial charge in [0.25, 0.3) is 0 Å². The summed E-state index contributed by atoms with van der Waals surface area (Å²) in [4.78, 5) is 4.81. The van der Waals surface area contributed by atoms with E-state index in [2.05, 4.69) is 24.1 Å². The molecule has 0 fully saturated rings. The van der Waals surface area contributed by atoms with Gasteiger partial charge in [-0.05, 0) is 78.9 Å². The van der Waals surface area contributed by atoms with Crippen LogP contribution in [0.3, 0.4) is 0 Å². The highest BCUT2D eigenvalue weighted by Crippen LogP contribution is 2.34. The number of benzene rings is 3. The van der Waals surface area contributed by atoms with Crippen LogP contribution in [0.4, 0.5) is 5.69 Å². The Hall–Kier alpha value is -3.14. The number of anilines is 1. The second-order valence-electron chi connectivity index (χ2n) is 8.88. The van der Waals surface area contributed by atoms with Gasteiger partial charge in [-0.15, -0.1) is 0 Å². The Bertz CT molecular complexity index is 1310. The van der Waals surface area contributed by atoms with E-state index in [0.29, 0.717) is 16.9 Å². The van der Waals surface area contributed by atoms with Gasteiger partial charge in [0.1, 0.15) is 0 Å². The van der Waals surface area contributed by atoms with Crippen molar-refractivity contribution in [2.45, 2.75) is 29.1 Å². The normalized spacial score (nSPS) is 14.2. The summed E-state index contributed by atoms with van der Waals surface area (Å²) >= 11 is 0. The van der Waals surface area contributed by atoms with Crippen molar-refractivity contribution in [3.8, 4) is 6.07 Å². The van der Waals surface area contributed by atoms with E-state index < -0.39 is 9.84 Å². The molecule has 5 nitrogen and oxygen atoms in total. The zero-order valence-corrected chi connectivity index (χ0v) is 20.2. The van der Waals surface area contributed by atoms with Crippen molar-refractivity contribution in [2.75, 3.05) is 39.1 Å². The van der Waals surface area contributed by atoms with Gasteiger partial charge in [-0.25, -0.2) is 8.42 Å². The highest BCUT2D eigenvalue weighted by atomic mass is 32.2. The minimum atomic E-state index is -3.68. The van der Waals surface area contributed by atoms with E-state index in [0.717, 1.165) is 48.3 Å². The summed E-state index contributed by atoms with van der Waals surface area (Å²) in [5.41, 5.74) is 5.61. The molecule has 0 aliphatic carbocycles. The van der Waals surface area contributed by atoms with E-state index in [4.69, 9.17) is 0 Å². The number of sulfone groups is 1. The van der Waals surface area contributed by atoms with Crippen molar-refractivity contribution in [3.05, 3.63) is 88.5 Å². The van der Waals surface area contributed by atoms with Crippen molar-refractivity contribution in [1.82, 2.24) is 4.90 Å². The van der Waals surface area contributed by atoms with Gasteiger partial charge in [0, 0.05) is 27.2 Å². The Balaban J connectivity index is 1.69. The maximum atomic E-state index is 13.7. The average Bonchev–Trinajstić information content (AvgIpc) is 3.00. The monoisotopic (exact) mass is 459 g/mol. The molecule has 0 spiro atoms. The van der Waals surface area contributed by atoms with Crippen LogP contribution in [0.15, 0.2) is 70.5 Å². The lowest BCUT2D eigenvalue weighted by Crippen LogP contribution is -2.20. The Labute approximate surface area is 196 Å². The Morgan fingerprint density at radius 1 is 0.970 bits per heavy atom. The molecular weight excluding hydrogens is 430 g/mol. The van der Waals surface area contributed by atoms with Gasteiger partial charge in [-0.3, -0.25) is 0 Å². The lowest BCUT2D eigenvalue weighted by molar-refractivity contribution is 0.352. The van der Waals surface area contributed by atoms with Crippen LogP contribution >= 0.6 is 0 Å². The van der Waals surface area contributed by atoms with Crippen LogP contribution in [0.25, 0.3) is 0 Å². The van der Waals surface area contributed by atoms with E-state index in [9.17, 15) is 13.7 Å². The van der Waals surface area contributed by atoms with Crippen LogP contribution in [0.1, 0.15) is 27.8 Å². The van der Waals surface area contributed by atoms with Crippen molar-refractivity contribution in [2.24, 2.45) is 0 Å². The molecule has 0 radical (unpaired) electrons. The molecule has 0 saturated heterocycles. The largest absolute Gasteiger partial charge is 0.377 e. The van der Waals surface area contributed by atoms with Crippen LogP contribution in [-0.4, -0.2) is 47.6 Å². The van der Waals surface area contributed by atoms with Gasteiger partial charge in [-0.1, -0.05) is 30.3 Å². The summed E-state index contributed by atoms with van der Waals surface area (Å²) in [7, 11) is 2.20. The molecule has 0 aromatic heterocycles. The molecule has 6 heteroatoms. The fraction of sp³-hybridized carbons (Fsp3) is 0.296. The summed E-state index contributed by atoms with van der Waals surface area (Å²) in [6.45, 7) is 1.90. The molecule has 3 aromatic carbocycles. The Morgan fingerprint density at radius 2 is 1.61 bits per heavy atom. The smallest absolute Gasteiger partial charge is 0.208 e. The van der Waals surface area contributed by atoms with Crippen molar-refractivity contribution >= 4 is 15.5 Å². The van der Waals surface area contributed by atoms with Crippen LogP contribution in [0, 0.1) is 11.3 Å². The van der Waals surface area contributed by atoms with Gasteiger partial charge in [0.15, 0.2) is 0 Å². The minimum absolute atomic E-state index is 0.286. The fourth-order valence-electron chi connectivity index (χ4n) is 4.34. The summed E-state index contributed by atoms with van der Waals surface area (Å²) in [6, 6.07) is 20.7. The summed E-state index contributed by atoms with van der Waals surface area (Å²) in [6.07, 6.45) is 2.35. The summed E-state index contributed by atoms with van der Waals surface area (Å²) in [5, 5.41) is 9.32. The minimum Gasteiger partial charge on any atom is -0.377 e. The van der Waals surface area contributed by atoms with E-state index in [-0.39, 0.29) is 4.90 Å². The summed E-state index contributed by atoms with van der Waals surface area (Å²) < 4.78 is 27.4. The number of nitriles is 1. The Morgan fingerprint density at radius 3 is 2.24 bits per heavy atom. The lowest BCUT2D eigenvalue weighted by Gasteiger charge is -2.21. The SMILES string of the molecule is CN1CCc2cc(N(C)C)c(S(=O)(=O)c3ccc(Cc4ccccc4C#N)cc3)cc2CC1. The first-order valence-electron chi connectivity index (χ1n) is 11.1. The second kappa shape index (κ2) is 9.38. The number of fused-ring (bicyclic) bond motifs is 1. The van der Waals surface area contributed by atoms with E-state index in [1.807, 2.05) is 55.4 Å². The molecule has 0 bridgehead atoms. The van der Waals surface area contributed by atoms with Gasteiger partial charge < -0.3 is 9.80 Å². The number of nitrogens with zero attached hydrogens (tertiary/aromatic N) is 3. The maximum Gasteiger partial charge on any atom is 0.208 e. The molecular formula is C27H29N3O2S. The van der Waals surface area contributed by atoms with Gasteiger partial charge >= 0.3 is 0 Å². The first-order valence-corrected chi connectivity index (χ1v) is 12.6. The third-order valence-electron chi connectivity index (χ3n) is 6.34. The molecule has 1 aliphatic rings. The molecule has 4 rings (SSSR count). The molecule has 0 amide bonds. The number of hydrogen-bond acceptors (Lipinski definition) is 5. The zero-order valence-electron chi connectivity index (χ0n) is 19.4. The Kier molecular flexibility index (Phi) is 6.55. The van der Waals surface area contributed by atoms with Gasteiger partial charge in [-0.2, -0.15) is 5.26 Å². The molecule has 3 aromatic rings. The molecule has 1 aliphatic heterocycles. The second-order valence-corrected chi connectivity index (χ2v) is 10.8. The number of rotatable bonds is 5. The maximum absolute atomic E-state index is 13.7. The summed E-state index contributed by atoms with van der Waals surface area (Å²) in [5.74, 6) is 0. The third-order valence-corrected chi connectivity index (χ3v) is 8.14. The molecule has 0 unspecified atom stereocenters. The van der Waals surface area contributed by atoms with Crippen molar-refractivity contribution in [3.63, 3.8) is 0 Å². The number of likely N-dealkylation sites (N-methyl/N-ethyl adjacent to an activating group) is 1. The quantitative estimate of drug-likeness (QED) is 0.575. The van der Waals surface area contributed by atoms with Gasteiger partial charge in [0.05, 0.1) is 27.1 Å². The molecule has 0 saturated carbocycles. The molecule has 0 atom stereocenters. The standard InChI is InChI=1S/C27H29N3O2S/c1-29(2)26-17-22-12-14-30(3)15-13-23(22)18-27(26)33(31,32)25-10-8-20(9-11-25)16-21-6-4-5-7-24(21)19-28/h4-11,17-18H,12-16H2,1-3H3. The van der Waals surface area contributed by atoms with Crippen molar-refractivity contribution < 1.29 is 8.42 Å². The topological polar surface area (TPSA) is 64.4 Å². The first kappa shape index (κ1) is 23.0. The van der Waals surface area contributed by atoms with E-state index >= 15 is 0 Å².